The SMILES string of the molecule is Cn1cc(C(=O)NC2CCN(Cn3ncc4c(OCc5ccccc5)cccc43)CC2)cn1. The van der Waals surface area contributed by atoms with Crippen LogP contribution >= 0.6 is 0 Å². The van der Waals surface area contributed by atoms with Gasteiger partial charge in [0.05, 0.1) is 35.5 Å². The molecule has 1 saturated heterocycles. The Morgan fingerprint density at radius 1 is 1.06 bits per heavy atom. The van der Waals surface area contributed by atoms with Crippen LogP contribution in [0.15, 0.2) is 67.1 Å². The lowest BCUT2D eigenvalue weighted by molar-refractivity contribution is 0.0897. The second-order valence-corrected chi connectivity index (χ2v) is 8.52. The average Bonchev–Trinajstić information content (AvgIpc) is 3.46. The van der Waals surface area contributed by atoms with Crippen LogP contribution in [0.4, 0.5) is 0 Å². The highest BCUT2D eigenvalue weighted by molar-refractivity contribution is 5.93. The van der Waals surface area contributed by atoms with Crippen LogP contribution in [0, 0.1) is 0 Å². The summed E-state index contributed by atoms with van der Waals surface area (Å²) in [6.45, 7) is 3.06. The van der Waals surface area contributed by atoms with Crippen molar-refractivity contribution in [3.8, 4) is 5.75 Å². The number of amides is 1. The Morgan fingerprint density at radius 3 is 2.64 bits per heavy atom. The van der Waals surface area contributed by atoms with Crippen LogP contribution in [0.25, 0.3) is 10.9 Å². The van der Waals surface area contributed by atoms with Crippen molar-refractivity contribution in [3.63, 3.8) is 0 Å². The van der Waals surface area contributed by atoms with Crippen molar-refractivity contribution in [2.24, 2.45) is 7.05 Å². The summed E-state index contributed by atoms with van der Waals surface area (Å²) in [6, 6.07) is 16.4. The van der Waals surface area contributed by atoms with E-state index < -0.39 is 0 Å². The first-order valence-electron chi connectivity index (χ1n) is 11.3. The van der Waals surface area contributed by atoms with Crippen LogP contribution in [0.3, 0.4) is 0 Å². The van der Waals surface area contributed by atoms with Crippen molar-refractivity contribution in [1.82, 2.24) is 29.8 Å². The monoisotopic (exact) mass is 444 g/mol. The Kier molecular flexibility index (Phi) is 6.08. The fourth-order valence-corrected chi connectivity index (χ4v) is 4.27. The lowest BCUT2D eigenvalue weighted by Crippen LogP contribution is -2.45. The number of nitrogens with one attached hydrogen (secondary N) is 1. The first kappa shape index (κ1) is 21.2. The van der Waals surface area contributed by atoms with Crippen LogP contribution in [-0.4, -0.2) is 49.5 Å². The topological polar surface area (TPSA) is 77.2 Å². The van der Waals surface area contributed by atoms with E-state index in [-0.39, 0.29) is 11.9 Å². The van der Waals surface area contributed by atoms with Crippen LogP contribution in [-0.2, 0) is 20.3 Å². The number of carbonyl (C=O) groups is 1. The highest BCUT2D eigenvalue weighted by Gasteiger charge is 2.22. The first-order chi connectivity index (χ1) is 16.2. The van der Waals surface area contributed by atoms with Gasteiger partial charge in [0.1, 0.15) is 12.4 Å². The van der Waals surface area contributed by atoms with Gasteiger partial charge in [0.15, 0.2) is 0 Å². The van der Waals surface area contributed by atoms with Gasteiger partial charge in [0.25, 0.3) is 5.91 Å². The van der Waals surface area contributed by atoms with Crippen LogP contribution < -0.4 is 10.1 Å². The summed E-state index contributed by atoms with van der Waals surface area (Å²) in [4.78, 5) is 14.8. The number of benzene rings is 2. The van der Waals surface area contributed by atoms with Crippen molar-refractivity contribution >= 4 is 16.8 Å². The summed E-state index contributed by atoms with van der Waals surface area (Å²) in [5.41, 5.74) is 2.81. The largest absolute Gasteiger partial charge is 0.488 e. The summed E-state index contributed by atoms with van der Waals surface area (Å²) in [5.74, 6) is 0.794. The smallest absolute Gasteiger partial charge is 0.254 e. The first-order valence-corrected chi connectivity index (χ1v) is 11.3. The molecule has 2 aromatic heterocycles. The molecule has 1 fully saturated rings. The van der Waals surface area contributed by atoms with Gasteiger partial charge in [-0.2, -0.15) is 10.2 Å². The zero-order chi connectivity index (χ0) is 22.6. The lowest BCUT2D eigenvalue weighted by atomic mass is 10.1. The lowest BCUT2D eigenvalue weighted by Gasteiger charge is -2.32. The van der Waals surface area contributed by atoms with E-state index in [2.05, 4.69) is 38.6 Å². The van der Waals surface area contributed by atoms with Gasteiger partial charge in [0, 0.05) is 32.4 Å². The molecular weight excluding hydrogens is 416 g/mol. The molecule has 170 valence electrons. The van der Waals surface area contributed by atoms with E-state index >= 15 is 0 Å². The van der Waals surface area contributed by atoms with Gasteiger partial charge in [-0.05, 0) is 30.5 Å². The molecule has 0 radical (unpaired) electrons. The van der Waals surface area contributed by atoms with Gasteiger partial charge < -0.3 is 10.1 Å². The molecule has 1 aliphatic rings. The maximum atomic E-state index is 12.4. The van der Waals surface area contributed by atoms with E-state index in [0.717, 1.165) is 54.8 Å². The van der Waals surface area contributed by atoms with Gasteiger partial charge in [0.2, 0.25) is 0 Å². The number of ether oxygens (including phenoxy) is 1. The van der Waals surface area contributed by atoms with E-state index in [1.807, 2.05) is 48.3 Å². The fraction of sp³-hybridized carbons (Fsp3) is 0.320. The minimum Gasteiger partial charge on any atom is -0.488 e. The summed E-state index contributed by atoms with van der Waals surface area (Å²) in [6.07, 6.45) is 7.06. The molecule has 4 aromatic rings. The molecule has 1 aliphatic heterocycles. The molecular formula is C25H28N6O2. The summed E-state index contributed by atoms with van der Waals surface area (Å²) < 4.78 is 9.75. The molecule has 2 aromatic carbocycles. The highest BCUT2D eigenvalue weighted by Crippen LogP contribution is 2.26. The van der Waals surface area contributed by atoms with Gasteiger partial charge in [-0.25, -0.2) is 0 Å². The molecule has 1 amide bonds. The van der Waals surface area contributed by atoms with Crippen molar-refractivity contribution < 1.29 is 9.53 Å². The standard InChI is InChI=1S/C25H28N6O2/c1-29-16-20(14-26-29)25(32)28-21-10-12-30(13-11-21)18-31-23-8-5-9-24(22(23)15-27-31)33-17-19-6-3-2-4-7-19/h2-9,14-16,21H,10-13,17-18H2,1H3,(H,28,32). The Labute approximate surface area is 192 Å². The molecule has 0 bridgehead atoms. The summed E-state index contributed by atoms with van der Waals surface area (Å²) >= 11 is 0. The van der Waals surface area contributed by atoms with Crippen LogP contribution in [0.5, 0.6) is 5.75 Å². The van der Waals surface area contributed by atoms with Gasteiger partial charge in [-0.3, -0.25) is 19.1 Å². The maximum absolute atomic E-state index is 12.4. The second kappa shape index (κ2) is 9.46. The van der Waals surface area contributed by atoms with Crippen molar-refractivity contribution in [1.29, 1.82) is 0 Å². The predicted octanol–water partition coefficient (Wildman–Crippen LogP) is 3.20. The van der Waals surface area contributed by atoms with Gasteiger partial charge in [-0.1, -0.05) is 36.4 Å². The molecule has 8 heteroatoms. The number of hydrogen-bond acceptors (Lipinski definition) is 5. The number of nitrogens with zero attached hydrogens (tertiary/aromatic N) is 5. The zero-order valence-corrected chi connectivity index (χ0v) is 18.7. The number of rotatable bonds is 7. The minimum atomic E-state index is -0.0531. The normalized spacial score (nSPS) is 15.1. The minimum absolute atomic E-state index is 0.0531. The van der Waals surface area contributed by atoms with Gasteiger partial charge >= 0.3 is 0 Å². The Bertz CT molecular complexity index is 1220. The molecule has 0 saturated carbocycles. The molecule has 33 heavy (non-hydrogen) atoms. The quantitative estimate of drug-likeness (QED) is 0.474. The Balaban J connectivity index is 1.18. The van der Waals surface area contributed by atoms with Crippen molar-refractivity contribution in [3.05, 3.63) is 78.2 Å². The number of likely N-dealkylation sites (tertiary alicyclic amines) is 1. The molecule has 0 atom stereocenters. The fourth-order valence-electron chi connectivity index (χ4n) is 4.27. The molecule has 5 rings (SSSR count). The number of carbonyl (C=O) groups excluding carboxylic acids is 1. The molecule has 0 aliphatic carbocycles. The van der Waals surface area contributed by atoms with Crippen molar-refractivity contribution in [2.75, 3.05) is 13.1 Å². The average molecular weight is 445 g/mol. The molecule has 1 N–H and O–H groups in total. The molecule has 0 spiro atoms. The number of piperidine rings is 1. The zero-order valence-electron chi connectivity index (χ0n) is 18.7. The molecule has 8 nitrogen and oxygen atoms in total. The Morgan fingerprint density at radius 2 is 1.88 bits per heavy atom. The maximum Gasteiger partial charge on any atom is 0.254 e. The second-order valence-electron chi connectivity index (χ2n) is 8.52. The predicted molar refractivity (Wildman–Crippen MR) is 126 cm³/mol. The van der Waals surface area contributed by atoms with Crippen LogP contribution in [0.2, 0.25) is 0 Å². The van der Waals surface area contributed by atoms with E-state index in [9.17, 15) is 4.79 Å². The van der Waals surface area contributed by atoms with Crippen LogP contribution in [0.1, 0.15) is 28.8 Å². The van der Waals surface area contributed by atoms with E-state index in [4.69, 9.17) is 4.74 Å². The number of aryl methyl sites for hydroxylation is 1. The number of aromatic nitrogens is 4. The van der Waals surface area contributed by atoms with E-state index in [1.165, 1.54) is 0 Å². The number of hydrogen-bond donors (Lipinski definition) is 1. The molecule has 3 heterocycles. The number of fused-ring (bicyclic) bond motifs is 1. The molecule has 0 unspecified atom stereocenters. The van der Waals surface area contributed by atoms with E-state index in [0.29, 0.717) is 12.2 Å². The van der Waals surface area contributed by atoms with Crippen molar-refractivity contribution in [2.45, 2.75) is 32.2 Å². The Hall–Kier alpha value is -3.65. The third-order valence-electron chi connectivity index (χ3n) is 6.11. The van der Waals surface area contributed by atoms with Gasteiger partial charge in [-0.15, -0.1) is 0 Å². The third kappa shape index (κ3) is 4.90. The summed E-state index contributed by atoms with van der Waals surface area (Å²) in [7, 11) is 1.81. The van der Waals surface area contributed by atoms with E-state index in [1.54, 1.807) is 17.1 Å². The highest BCUT2D eigenvalue weighted by atomic mass is 16.5. The third-order valence-corrected chi connectivity index (χ3v) is 6.11. The summed E-state index contributed by atoms with van der Waals surface area (Å²) in [5, 5.41) is 12.9.